The third-order valence-electron chi connectivity index (χ3n) is 4.97. The molecule has 2 N–H and O–H groups in total. The SMILES string of the molecule is COc1ccc(Nc2ncc3c(n2)-c2ccc(CN(C)C)cc2NC(=O)C3)cc1OC. The number of rotatable bonds is 6. The van der Waals surface area contributed by atoms with Gasteiger partial charge in [-0.3, -0.25) is 4.79 Å². The minimum absolute atomic E-state index is 0.0776. The molecule has 1 aliphatic heterocycles. The monoisotopic (exact) mass is 419 g/mol. The molecule has 1 aromatic heterocycles. The van der Waals surface area contributed by atoms with Crippen LogP contribution in [0.25, 0.3) is 11.3 Å². The third kappa shape index (κ3) is 4.44. The average molecular weight is 419 g/mol. The Morgan fingerprint density at radius 2 is 1.90 bits per heavy atom. The van der Waals surface area contributed by atoms with Gasteiger partial charge in [0, 0.05) is 35.6 Å². The molecule has 8 nitrogen and oxygen atoms in total. The number of anilines is 3. The fourth-order valence-corrected chi connectivity index (χ4v) is 3.60. The van der Waals surface area contributed by atoms with Crippen LogP contribution in [-0.2, 0) is 17.8 Å². The predicted molar refractivity (Wildman–Crippen MR) is 120 cm³/mol. The molecule has 1 aliphatic rings. The molecule has 0 atom stereocenters. The van der Waals surface area contributed by atoms with Crippen LogP contribution in [0, 0.1) is 0 Å². The summed E-state index contributed by atoms with van der Waals surface area (Å²) < 4.78 is 10.6. The number of nitrogens with zero attached hydrogens (tertiary/aromatic N) is 3. The molecule has 0 saturated carbocycles. The molecule has 0 aliphatic carbocycles. The molecule has 2 aromatic carbocycles. The van der Waals surface area contributed by atoms with Crippen LogP contribution in [0.3, 0.4) is 0 Å². The number of aromatic nitrogens is 2. The summed E-state index contributed by atoms with van der Waals surface area (Å²) >= 11 is 0. The minimum Gasteiger partial charge on any atom is -0.493 e. The highest BCUT2D eigenvalue weighted by Gasteiger charge is 2.21. The van der Waals surface area contributed by atoms with E-state index < -0.39 is 0 Å². The van der Waals surface area contributed by atoms with Crippen molar-refractivity contribution in [3.63, 3.8) is 0 Å². The summed E-state index contributed by atoms with van der Waals surface area (Å²) in [5.41, 5.74) is 5.05. The summed E-state index contributed by atoms with van der Waals surface area (Å²) in [6.45, 7) is 0.784. The lowest BCUT2D eigenvalue weighted by Gasteiger charge is -2.14. The molecule has 0 saturated heterocycles. The lowest BCUT2D eigenvalue weighted by Crippen LogP contribution is -2.14. The maximum atomic E-state index is 12.4. The van der Waals surface area contributed by atoms with E-state index in [1.807, 2.05) is 44.4 Å². The van der Waals surface area contributed by atoms with Crippen molar-refractivity contribution < 1.29 is 14.3 Å². The Morgan fingerprint density at radius 1 is 1.10 bits per heavy atom. The zero-order valence-electron chi connectivity index (χ0n) is 18.0. The van der Waals surface area contributed by atoms with Crippen molar-refractivity contribution in [2.24, 2.45) is 0 Å². The van der Waals surface area contributed by atoms with E-state index >= 15 is 0 Å². The Balaban J connectivity index is 1.70. The van der Waals surface area contributed by atoms with Crippen molar-refractivity contribution in [1.82, 2.24) is 14.9 Å². The molecule has 0 spiro atoms. The average Bonchev–Trinajstić information content (AvgIpc) is 2.88. The molecule has 0 bridgehead atoms. The summed E-state index contributed by atoms with van der Waals surface area (Å²) in [5, 5.41) is 6.21. The highest BCUT2D eigenvalue weighted by molar-refractivity contribution is 6.00. The van der Waals surface area contributed by atoms with E-state index in [2.05, 4.69) is 26.6 Å². The maximum absolute atomic E-state index is 12.4. The zero-order chi connectivity index (χ0) is 22.0. The molecule has 0 radical (unpaired) electrons. The normalized spacial score (nSPS) is 12.5. The number of carbonyl (C=O) groups is 1. The van der Waals surface area contributed by atoms with Gasteiger partial charge < -0.3 is 25.0 Å². The van der Waals surface area contributed by atoms with Crippen LogP contribution < -0.4 is 20.1 Å². The van der Waals surface area contributed by atoms with Gasteiger partial charge in [0.15, 0.2) is 11.5 Å². The van der Waals surface area contributed by atoms with Crippen molar-refractivity contribution in [2.75, 3.05) is 38.9 Å². The van der Waals surface area contributed by atoms with Gasteiger partial charge in [0.2, 0.25) is 11.9 Å². The first-order valence-corrected chi connectivity index (χ1v) is 9.89. The Kier molecular flexibility index (Phi) is 5.73. The smallest absolute Gasteiger partial charge is 0.228 e. The highest BCUT2D eigenvalue weighted by Crippen LogP contribution is 2.35. The van der Waals surface area contributed by atoms with Crippen molar-refractivity contribution >= 4 is 23.2 Å². The van der Waals surface area contributed by atoms with Gasteiger partial charge in [0.05, 0.1) is 32.0 Å². The largest absolute Gasteiger partial charge is 0.493 e. The molecule has 8 heteroatoms. The predicted octanol–water partition coefficient (Wildman–Crippen LogP) is 3.46. The topological polar surface area (TPSA) is 88.6 Å². The van der Waals surface area contributed by atoms with Gasteiger partial charge >= 0.3 is 0 Å². The van der Waals surface area contributed by atoms with E-state index in [1.54, 1.807) is 20.4 Å². The zero-order valence-corrected chi connectivity index (χ0v) is 18.0. The number of hydrogen-bond donors (Lipinski definition) is 2. The number of amides is 1. The van der Waals surface area contributed by atoms with Crippen molar-refractivity contribution in [2.45, 2.75) is 13.0 Å². The molecule has 31 heavy (non-hydrogen) atoms. The number of benzene rings is 2. The minimum atomic E-state index is -0.0776. The number of ether oxygens (including phenoxy) is 2. The van der Waals surface area contributed by atoms with Gasteiger partial charge in [-0.05, 0) is 37.9 Å². The van der Waals surface area contributed by atoms with Gasteiger partial charge in [0.1, 0.15) is 0 Å². The molecular weight excluding hydrogens is 394 g/mol. The van der Waals surface area contributed by atoms with E-state index in [4.69, 9.17) is 14.5 Å². The summed E-state index contributed by atoms with van der Waals surface area (Å²) in [5.74, 6) is 1.61. The van der Waals surface area contributed by atoms with E-state index in [-0.39, 0.29) is 12.3 Å². The summed E-state index contributed by atoms with van der Waals surface area (Å²) in [7, 11) is 7.21. The van der Waals surface area contributed by atoms with Crippen LogP contribution >= 0.6 is 0 Å². The lowest BCUT2D eigenvalue weighted by molar-refractivity contribution is -0.115. The standard InChI is InChI=1S/C23H25N5O3/c1-28(2)13-14-5-7-17-18(9-14)26-21(29)10-15-12-24-23(27-22(15)17)25-16-6-8-19(30-3)20(11-16)31-4/h5-9,11-12H,10,13H2,1-4H3,(H,26,29)(H,24,25,27). The van der Waals surface area contributed by atoms with Crippen LogP contribution in [0.15, 0.2) is 42.6 Å². The van der Waals surface area contributed by atoms with E-state index in [0.717, 1.165) is 40.3 Å². The Labute approximate surface area is 181 Å². The first kappa shape index (κ1) is 20.6. The van der Waals surface area contributed by atoms with Gasteiger partial charge in [-0.25, -0.2) is 9.97 Å². The van der Waals surface area contributed by atoms with Crippen LogP contribution in [-0.4, -0.2) is 49.1 Å². The molecular formula is C23H25N5O3. The second-order valence-electron chi connectivity index (χ2n) is 7.60. The van der Waals surface area contributed by atoms with Crippen molar-refractivity contribution in [1.29, 1.82) is 0 Å². The van der Waals surface area contributed by atoms with E-state index in [9.17, 15) is 4.79 Å². The first-order chi connectivity index (χ1) is 15.0. The molecule has 160 valence electrons. The number of hydrogen-bond acceptors (Lipinski definition) is 7. The Hall–Kier alpha value is -3.65. The molecule has 0 unspecified atom stereocenters. The summed E-state index contributed by atoms with van der Waals surface area (Å²) in [6, 6.07) is 11.6. The van der Waals surface area contributed by atoms with E-state index in [1.165, 1.54) is 0 Å². The second kappa shape index (κ2) is 8.61. The number of fused-ring (bicyclic) bond motifs is 3. The van der Waals surface area contributed by atoms with Crippen LogP contribution in [0.2, 0.25) is 0 Å². The van der Waals surface area contributed by atoms with Crippen LogP contribution in [0.5, 0.6) is 11.5 Å². The van der Waals surface area contributed by atoms with Crippen LogP contribution in [0.4, 0.5) is 17.3 Å². The number of nitrogens with one attached hydrogen (secondary N) is 2. The molecule has 3 aromatic rings. The number of methoxy groups -OCH3 is 2. The van der Waals surface area contributed by atoms with Gasteiger partial charge in [0.25, 0.3) is 0 Å². The van der Waals surface area contributed by atoms with E-state index in [0.29, 0.717) is 17.4 Å². The third-order valence-corrected chi connectivity index (χ3v) is 4.97. The molecule has 2 heterocycles. The lowest BCUT2D eigenvalue weighted by atomic mass is 10.0. The van der Waals surface area contributed by atoms with Crippen molar-refractivity contribution in [3.8, 4) is 22.8 Å². The van der Waals surface area contributed by atoms with Gasteiger partial charge in [-0.15, -0.1) is 0 Å². The van der Waals surface area contributed by atoms with Gasteiger partial charge in [-0.2, -0.15) is 0 Å². The first-order valence-electron chi connectivity index (χ1n) is 9.89. The fourth-order valence-electron chi connectivity index (χ4n) is 3.60. The molecule has 4 rings (SSSR count). The molecule has 1 amide bonds. The Bertz CT molecular complexity index is 1130. The van der Waals surface area contributed by atoms with Crippen LogP contribution in [0.1, 0.15) is 11.1 Å². The highest BCUT2D eigenvalue weighted by atomic mass is 16.5. The Morgan fingerprint density at radius 3 is 2.65 bits per heavy atom. The summed E-state index contributed by atoms with van der Waals surface area (Å²) in [6.07, 6.45) is 1.93. The summed E-state index contributed by atoms with van der Waals surface area (Å²) in [4.78, 5) is 23.7. The van der Waals surface area contributed by atoms with Gasteiger partial charge in [-0.1, -0.05) is 12.1 Å². The quantitative estimate of drug-likeness (QED) is 0.632. The fraction of sp³-hybridized carbons (Fsp3) is 0.261. The van der Waals surface area contributed by atoms with Crippen molar-refractivity contribution in [3.05, 3.63) is 53.7 Å². The maximum Gasteiger partial charge on any atom is 0.228 e. The number of carbonyl (C=O) groups excluding carboxylic acids is 1. The molecule has 0 fully saturated rings. The second-order valence-corrected chi connectivity index (χ2v) is 7.60.